The molecule has 0 bridgehead atoms. The average molecular weight is 562 g/mol. The number of carbonyl (C=O) groups is 1. The van der Waals surface area contributed by atoms with Crippen LogP contribution < -0.4 is 10.2 Å². The number of aromatic nitrogens is 2. The van der Waals surface area contributed by atoms with Gasteiger partial charge in [-0.05, 0) is 55.3 Å². The number of aliphatic hydroxyl groups is 1. The second-order valence-electron chi connectivity index (χ2n) is 9.51. The van der Waals surface area contributed by atoms with Crippen molar-refractivity contribution in [2.24, 2.45) is 5.10 Å². The van der Waals surface area contributed by atoms with Gasteiger partial charge >= 0.3 is 0 Å². The molecule has 0 aliphatic rings. The number of hydrogen-bond acceptors (Lipinski definition) is 7. The van der Waals surface area contributed by atoms with Gasteiger partial charge < -0.3 is 14.4 Å². The Balaban J connectivity index is 1.32. The summed E-state index contributed by atoms with van der Waals surface area (Å²) < 4.78 is 7.74. The minimum Gasteiger partial charge on any atom is -0.439 e. The van der Waals surface area contributed by atoms with Crippen molar-refractivity contribution in [1.82, 2.24) is 15.0 Å². The summed E-state index contributed by atoms with van der Waals surface area (Å²) in [5.74, 6) is 0.0908. The van der Waals surface area contributed by atoms with Crippen LogP contribution in [0.5, 0.6) is 11.6 Å². The highest BCUT2D eigenvalue weighted by Crippen LogP contribution is 2.30. The first kappa shape index (κ1) is 27.9. The van der Waals surface area contributed by atoms with Gasteiger partial charge in [-0.2, -0.15) is 5.10 Å². The summed E-state index contributed by atoms with van der Waals surface area (Å²) in [7, 11) is 0. The molecule has 0 radical (unpaired) electrons. The van der Waals surface area contributed by atoms with E-state index in [-0.39, 0.29) is 11.6 Å². The second-order valence-corrected chi connectivity index (χ2v) is 9.51. The largest absolute Gasteiger partial charge is 0.439 e. The lowest BCUT2D eigenvalue weighted by molar-refractivity contribution is -0.385. The van der Waals surface area contributed by atoms with E-state index in [4.69, 9.17) is 4.74 Å². The maximum atomic E-state index is 13.3. The summed E-state index contributed by atoms with van der Waals surface area (Å²) in [6.45, 7) is 3.89. The first-order chi connectivity index (χ1) is 20.3. The molecule has 0 atom stereocenters. The number of nitro groups is 1. The Labute approximate surface area is 241 Å². The van der Waals surface area contributed by atoms with Crippen LogP contribution in [-0.2, 0) is 10.4 Å². The van der Waals surface area contributed by atoms with Crippen molar-refractivity contribution in [3.63, 3.8) is 0 Å². The van der Waals surface area contributed by atoms with Crippen molar-refractivity contribution in [3.8, 4) is 17.3 Å². The fourth-order valence-electron chi connectivity index (χ4n) is 4.67. The fourth-order valence-corrected chi connectivity index (χ4v) is 4.67. The van der Waals surface area contributed by atoms with Crippen molar-refractivity contribution >= 4 is 17.8 Å². The highest BCUT2D eigenvalue weighted by Gasteiger charge is 2.39. The molecule has 42 heavy (non-hydrogen) atoms. The van der Waals surface area contributed by atoms with E-state index >= 15 is 0 Å². The molecule has 0 aliphatic carbocycles. The lowest BCUT2D eigenvalue weighted by Crippen LogP contribution is -2.43. The van der Waals surface area contributed by atoms with Crippen molar-refractivity contribution in [2.45, 2.75) is 19.4 Å². The molecule has 0 aliphatic heterocycles. The van der Waals surface area contributed by atoms with Gasteiger partial charge in [-0.15, -0.1) is 0 Å². The van der Waals surface area contributed by atoms with Gasteiger partial charge in [0.15, 0.2) is 5.60 Å². The highest BCUT2D eigenvalue weighted by atomic mass is 16.6. The number of hydrogen-bond donors (Lipinski definition) is 2. The van der Waals surface area contributed by atoms with Crippen molar-refractivity contribution < 1.29 is 19.6 Å². The predicted molar refractivity (Wildman–Crippen MR) is 158 cm³/mol. The van der Waals surface area contributed by atoms with Crippen molar-refractivity contribution in [1.29, 1.82) is 0 Å². The molecule has 0 fully saturated rings. The van der Waals surface area contributed by atoms with Crippen LogP contribution in [0.4, 0.5) is 5.69 Å². The molecule has 5 rings (SSSR count). The van der Waals surface area contributed by atoms with Crippen LogP contribution in [0.3, 0.4) is 0 Å². The minimum atomic E-state index is -1.93. The molecule has 0 spiro atoms. The molecule has 210 valence electrons. The first-order valence-corrected chi connectivity index (χ1v) is 13.0. The number of rotatable bonds is 9. The number of amides is 1. The zero-order valence-electron chi connectivity index (χ0n) is 22.8. The Morgan fingerprint density at radius 2 is 1.60 bits per heavy atom. The maximum absolute atomic E-state index is 13.3. The number of nitrogens with zero attached hydrogens (tertiary/aromatic N) is 4. The maximum Gasteiger partial charge on any atom is 0.287 e. The number of carbonyl (C=O) groups excluding carboxylic acids is 1. The number of nitrogens with one attached hydrogen (secondary N) is 1. The number of aryl methyl sites for hydroxylation is 1. The molecule has 0 saturated heterocycles. The van der Waals surface area contributed by atoms with Crippen LogP contribution in [0.1, 0.15) is 28.1 Å². The molecule has 0 saturated carbocycles. The van der Waals surface area contributed by atoms with E-state index < -0.39 is 16.4 Å². The van der Waals surface area contributed by atoms with Gasteiger partial charge in [-0.1, -0.05) is 60.7 Å². The summed E-state index contributed by atoms with van der Waals surface area (Å²) in [6.07, 6.45) is 2.69. The Bertz CT molecular complexity index is 1690. The first-order valence-electron chi connectivity index (χ1n) is 13.0. The van der Waals surface area contributed by atoms with Crippen LogP contribution >= 0.6 is 0 Å². The Morgan fingerprint density at radius 1 is 0.976 bits per heavy atom. The third-order valence-electron chi connectivity index (χ3n) is 6.80. The molecule has 10 heteroatoms. The van der Waals surface area contributed by atoms with Crippen LogP contribution in [0.2, 0.25) is 0 Å². The molecule has 3 aromatic carbocycles. The van der Waals surface area contributed by atoms with Crippen molar-refractivity contribution in [3.05, 3.63) is 148 Å². The topological polar surface area (TPSA) is 132 Å². The molecule has 1 amide bonds. The molecular formula is C32H27N5O5. The zero-order chi connectivity index (χ0) is 29.7. The van der Waals surface area contributed by atoms with Gasteiger partial charge in [0.2, 0.25) is 5.88 Å². The minimum absolute atomic E-state index is 0.113. The molecule has 5 aromatic rings. The second kappa shape index (κ2) is 11.9. The van der Waals surface area contributed by atoms with E-state index in [1.165, 1.54) is 12.1 Å². The number of ether oxygens (including phenoxy) is 1. The molecule has 10 nitrogen and oxygen atoms in total. The number of benzene rings is 3. The molecule has 2 heterocycles. The Hall–Kier alpha value is -5.61. The molecular weight excluding hydrogens is 534 g/mol. The van der Waals surface area contributed by atoms with Gasteiger partial charge in [-0.25, -0.2) is 10.4 Å². The standard InChI is InChI=1S/C32H27N5O5/c1-22-19-24(20-34-35-31(38)32(39,25-9-5-3-6-10-25)26-11-7-4-8-12-26)23(2)36(22)27-13-16-29(17-14-27)42-30-18-15-28(21-33-30)37(40)41/h3-21,39H,1-2H3,(H,35,38)/b34-20+. The highest BCUT2D eigenvalue weighted by molar-refractivity contribution is 5.91. The Morgan fingerprint density at radius 3 is 2.14 bits per heavy atom. The quantitative estimate of drug-likeness (QED) is 0.137. The van der Waals surface area contributed by atoms with Crippen molar-refractivity contribution in [2.75, 3.05) is 0 Å². The van der Waals surface area contributed by atoms with E-state index in [2.05, 4.69) is 15.5 Å². The normalized spacial score (nSPS) is 11.4. The van der Waals surface area contributed by atoms with E-state index in [9.17, 15) is 20.0 Å². The summed E-state index contributed by atoms with van der Waals surface area (Å²) in [4.78, 5) is 27.6. The summed E-state index contributed by atoms with van der Waals surface area (Å²) in [6, 6.07) is 29.5. The predicted octanol–water partition coefficient (Wildman–Crippen LogP) is 5.58. The van der Waals surface area contributed by atoms with Crippen LogP contribution in [0.25, 0.3) is 5.69 Å². The van der Waals surface area contributed by atoms with E-state index in [0.717, 1.165) is 28.8 Å². The van der Waals surface area contributed by atoms with Gasteiger partial charge in [0.05, 0.1) is 11.1 Å². The lowest BCUT2D eigenvalue weighted by Gasteiger charge is -2.27. The van der Waals surface area contributed by atoms with Gasteiger partial charge in [0.1, 0.15) is 11.9 Å². The SMILES string of the molecule is Cc1cc(/C=N/NC(=O)C(O)(c2ccccc2)c2ccccc2)c(C)n1-c1ccc(Oc2ccc([N+](=O)[O-])cn2)cc1. The van der Waals surface area contributed by atoms with Crippen LogP contribution in [0, 0.1) is 24.0 Å². The third-order valence-corrected chi connectivity index (χ3v) is 6.80. The average Bonchev–Trinajstić information content (AvgIpc) is 3.30. The van der Waals surface area contributed by atoms with Gasteiger partial charge in [0, 0.05) is 34.8 Å². The summed E-state index contributed by atoms with van der Waals surface area (Å²) in [5.41, 5.74) is 4.82. The van der Waals surface area contributed by atoms with E-state index in [1.54, 1.807) is 66.9 Å². The molecule has 2 aromatic heterocycles. The smallest absolute Gasteiger partial charge is 0.287 e. The van der Waals surface area contributed by atoms with Gasteiger partial charge in [-0.3, -0.25) is 14.9 Å². The Kier molecular flexibility index (Phi) is 7.89. The lowest BCUT2D eigenvalue weighted by atomic mass is 9.85. The van der Waals surface area contributed by atoms with Gasteiger partial charge in [0.25, 0.3) is 11.6 Å². The third kappa shape index (κ3) is 5.65. The van der Waals surface area contributed by atoms with E-state index in [0.29, 0.717) is 16.9 Å². The molecule has 2 N–H and O–H groups in total. The molecule has 0 unspecified atom stereocenters. The van der Waals surface area contributed by atoms with Crippen LogP contribution in [-0.4, -0.2) is 31.7 Å². The van der Waals surface area contributed by atoms with E-state index in [1.807, 2.05) is 48.7 Å². The number of hydrazone groups is 1. The summed E-state index contributed by atoms with van der Waals surface area (Å²) in [5, 5.41) is 26.6. The van der Waals surface area contributed by atoms with Crippen LogP contribution in [0.15, 0.2) is 114 Å². The monoisotopic (exact) mass is 561 g/mol. The zero-order valence-corrected chi connectivity index (χ0v) is 22.8. The summed E-state index contributed by atoms with van der Waals surface area (Å²) >= 11 is 0. The number of pyridine rings is 1. The fraction of sp³-hybridized carbons (Fsp3) is 0.0938.